The number of nitrogens with zero attached hydrogens (tertiary/aromatic N) is 2. The summed E-state index contributed by atoms with van der Waals surface area (Å²) in [5.74, 6) is 0.169. The molecule has 3 N–H and O–H groups in total. The Balaban J connectivity index is 1.56. The van der Waals surface area contributed by atoms with Crippen molar-refractivity contribution in [3.63, 3.8) is 0 Å². The van der Waals surface area contributed by atoms with Gasteiger partial charge in [0.2, 0.25) is 10.0 Å². The lowest BCUT2D eigenvalue weighted by Gasteiger charge is -2.42. The highest BCUT2D eigenvalue weighted by atomic mass is 32.2. The molecule has 1 saturated carbocycles. The second kappa shape index (κ2) is 12.0. The number of sulfonamides is 1. The van der Waals surface area contributed by atoms with Gasteiger partial charge in [-0.15, -0.1) is 11.3 Å². The molecule has 4 rings (SSSR count). The van der Waals surface area contributed by atoms with E-state index in [0.29, 0.717) is 29.3 Å². The minimum Gasteiger partial charge on any atom is -0.465 e. The van der Waals surface area contributed by atoms with E-state index in [2.05, 4.69) is 15.0 Å². The summed E-state index contributed by atoms with van der Waals surface area (Å²) in [5, 5.41) is 13.2. The zero-order chi connectivity index (χ0) is 29.2. The predicted molar refractivity (Wildman–Crippen MR) is 152 cm³/mol. The van der Waals surface area contributed by atoms with Crippen LogP contribution in [0, 0.1) is 0 Å². The Kier molecular flexibility index (Phi) is 9.08. The topological polar surface area (TPSA) is 147 Å². The fraction of sp³-hybridized carbons (Fsp3) is 0.593. The molecule has 2 aromatic rings. The van der Waals surface area contributed by atoms with Crippen molar-refractivity contribution in [2.45, 2.75) is 94.8 Å². The van der Waals surface area contributed by atoms with Crippen molar-refractivity contribution >= 4 is 39.2 Å². The molecule has 13 heteroatoms. The molecule has 1 aromatic carbocycles. The Morgan fingerprint density at radius 3 is 2.38 bits per heavy atom. The van der Waals surface area contributed by atoms with Gasteiger partial charge in [-0.25, -0.2) is 27.7 Å². The Hall–Kier alpha value is -2.74. The molecule has 1 aliphatic carbocycles. The number of anilines is 1. The highest BCUT2D eigenvalue weighted by Gasteiger charge is 2.38. The number of carbonyl (C=O) groups excluding carboxylic acids is 1. The number of carboxylic acid groups (broad SMARTS) is 1. The zero-order valence-corrected chi connectivity index (χ0v) is 25.1. The first-order chi connectivity index (χ1) is 18.7. The molecular formula is C27H38N4O7S2. The number of aromatic nitrogens is 1. The lowest BCUT2D eigenvalue weighted by atomic mass is 9.85. The Morgan fingerprint density at radius 1 is 1.15 bits per heavy atom. The van der Waals surface area contributed by atoms with Crippen LogP contribution in [0.3, 0.4) is 0 Å². The van der Waals surface area contributed by atoms with E-state index < -0.39 is 27.7 Å². The van der Waals surface area contributed by atoms with Gasteiger partial charge >= 0.3 is 12.2 Å². The summed E-state index contributed by atoms with van der Waals surface area (Å²) in [6, 6.07) is 4.63. The summed E-state index contributed by atoms with van der Waals surface area (Å²) in [6.45, 7) is 9.64. The summed E-state index contributed by atoms with van der Waals surface area (Å²) >= 11 is 1.44. The zero-order valence-electron chi connectivity index (χ0n) is 23.5. The second-order valence-electron chi connectivity index (χ2n) is 11.6. The van der Waals surface area contributed by atoms with Gasteiger partial charge in [0.1, 0.15) is 0 Å². The monoisotopic (exact) mass is 594 g/mol. The van der Waals surface area contributed by atoms with E-state index in [4.69, 9.17) is 9.47 Å². The number of amides is 2. The number of carbonyl (C=O) groups is 2. The molecule has 220 valence electrons. The van der Waals surface area contributed by atoms with E-state index in [1.54, 1.807) is 57.8 Å². The third-order valence-corrected chi connectivity index (χ3v) is 9.75. The Bertz CT molecular complexity index is 1320. The van der Waals surface area contributed by atoms with Crippen molar-refractivity contribution < 1.29 is 32.6 Å². The Morgan fingerprint density at radius 2 is 1.82 bits per heavy atom. The van der Waals surface area contributed by atoms with Crippen molar-refractivity contribution in [3.05, 3.63) is 29.4 Å². The number of hydrogen-bond donors (Lipinski definition) is 3. The van der Waals surface area contributed by atoms with Gasteiger partial charge < -0.3 is 14.6 Å². The summed E-state index contributed by atoms with van der Waals surface area (Å²) < 4.78 is 40.0. The number of nitrogens with one attached hydrogen (secondary N) is 2. The third kappa shape index (κ3) is 7.31. The van der Waals surface area contributed by atoms with Gasteiger partial charge in [-0.3, -0.25) is 10.2 Å². The number of thiazole rings is 1. The van der Waals surface area contributed by atoms with Crippen LogP contribution in [0.25, 0.3) is 10.4 Å². The van der Waals surface area contributed by atoms with Gasteiger partial charge in [0.05, 0.1) is 40.1 Å². The van der Waals surface area contributed by atoms with Crippen LogP contribution in [0.4, 0.5) is 15.3 Å². The average Bonchev–Trinajstić information content (AvgIpc) is 3.29. The number of rotatable bonds is 8. The first-order valence-corrected chi connectivity index (χ1v) is 15.7. The number of ether oxygens (including phenoxy) is 2. The molecule has 2 heterocycles. The fourth-order valence-electron chi connectivity index (χ4n) is 5.04. The van der Waals surface area contributed by atoms with Crippen LogP contribution in [0.2, 0.25) is 0 Å². The summed E-state index contributed by atoms with van der Waals surface area (Å²) in [7, 11) is -3.96. The van der Waals surface area contributed by atoms with E-state index in [-0.39, 0.29) is 29.0 Å². The molecule has 0 atom stereocenters. The highest BCUT2D eigenvalue weighted by Crippen LogP contribution is 2.41. The highest BCUT2D eigenvalue weighted by molar-refractivity contribution is 7.89. The fourth-order valence-corrected chi connectivity index (χ4v) is 7.90. The van der Waals surface area contributed by atoms with Crippen LogP contribution >= 0.6 is 11.3 Å². The number of benzene rings is 1. The molecule has 1 aromatic heterocycles. The van der Waals surface area contributed by atoms with Gasteiger partial charge in [0, 0.05) is 34.9 Å². The maximum atomic E-state index is 13.5. The van der Waals surface area contributed by atoms with Crippen LogP contribution in [-0.4, -0.2) is 72.5 Å². The van der Waals surface area contributed by atoms with Gasteiger partial charge in [-0.05, 0) is 72.4 Å². The second-order valence-corrected chi connectivity index (χ2v) is 14.3. The van der Waals surface area contributed by atoms with Crippen LogP contribution in [-0.2, 0) is 19.5 Å². The van der Waals surface area contributed by atoms with Crippen LogP contribution in [0.5, 0.6) is 0 Å². The lowest BCUT2D eigenvalue weighted by molar-refractivity contribution is -0.0728. The van der Waals surface area contributed by atoms with Crippen LogP contribution in [0.1, 0.15) is 71.2 Å². The summed E-state index contributed by atoms with van der Waals surface area (Å²) in [6.07, 6.45) is 2.87. The SMILES string of the molecule is CC(C)OC(=O)Nc1ccc(-c2cnc([C@H]3CC[C@H](N(C(=O)O)C4COC4)CC3)s2)c(S(=O)(=O)NC(C)(C)C)c1. The summed E-state index contributed by atoms with van der Waals surface area (Å²) in [5.41, 5.74) is 0.0638. The first kappa shape index (κ1) is 30.2. The van der Waals surface area contributed by atoms with Crippen molar-refractivity contribution in [2.75, 3.05) is 18.5 Å². The molecule has 11 nitrogen and oxygen atoms in total. The minimum absolute atomic E-state index is 0.0310. The molecule has 0 radical (unpaired) electrons. The van der Waals surface area contributed by atoms with Crippen LogP contribution in [0.15, 0.2) is 29.3 Å². The van der Waals surface area contributed by atoms with Gasteiger partial charge in [0.25, 0.3) is 0 Å². The number of hydrogen-bond acceptors (Lipinski definition) is 8. The molecule has 1 aliphatic heterocycles. The molecule has 2 fully saturated rings. The predicted octanol–water partition coefficient (Wildman–Crippen LogP) is 5.25. The molecule has 0 bridgehead atoms. The van der Waals surface area contributed by atoms with Gasteiger partial charge in [-0.1, -0.05) is 6.07 Å². The molecule has 0 spiro atoms. The van der Waals surface area contributed by atoms with Gasteiger partial charge in [-0.2, -0.15) is 0 Å². The minimum atomic E-state index is -3.96. The van der Waals surface area contributed by atoms with Crippen molar-refractivity contribution in [1.29, 1.82) is 0 Å². The van der Waals surface area contributed by atoms with E-state index in [1.165, 1.54) is 17.4 Å². The molecule has 2 amide bonds. The van der Waals surface area contributed by atoms with E-state index in [1.807, 2.05) is 0 Å². The normalized spacial score (nSPS) is 20.1. The molecule has 40 heavy (non-hydrogen) atoms. The third-order valence-electron chi connectivity index (χ3n) is 6.76. The maximum absolute atomic E-state index is 13.5. The lowest BCUT2D eigenvalue weighted by Crippen LogP contribution is -2.56. The summed E-state index contributed by atoms with van der Waals surface area (Å²) in [4.78, 5) is 30.9. The molecule has 1 saturated heterocycles. The van der Waals surface area contributed by atoms with Crippen LogP contribution < -0.4 is 10.0 Å². The van der Waals surface area contributed by atoms with E-state index in [0.717, 1.165) is 30.7 Å². The van der Waals surface area contributed by atoms with Crippen molar-refractivity contribution in [2.24, 2.45) is 0 Å². The van der Waals surface area contributed by atoms with Crippen molar-refractivity contribution in [3.8, 4) is 10.4 Å². The van der Waals surface area contributed by atoms with Gasteiger partial charge in [0.15, 0.2) is 0 Å². The first-order valence-electron chi connectivity index (χ1n) is 13.4. The quantitative estimate of drug-likeness (QED) is 0.376. The average molecular weight is 595 g/mol. The van der Waals surface area contributed by atoms with E-state index in [9.17, 15) is 23.1 Å². The Labute approximate surface area is 239 Å². The molecular weight excluding hydrogens is 556 g/mol. The molecule has 2 aliphatic rings. The van der Waals surface area contributed by atoms with Crippen molar-refractivity contribution in [1.82, 2.24) is 14.6 Å². The van der Waals surface area contributed by atoms with E-state index >= 15 is 0 Å². The molecule has 0 unspecified atom stereocenters. The maximum Gasteiger partial charge on any atom is 0.411 e. The smallest absolute Gasteiger partial charge is 0.411 e. The largest absolute Gasteiger partial charge is 0.465 e. The standard InChI is InChI=1S/C27H38N4O7S2/c1-16(2)38-25(32)29-18-8-11-21(23(12-18)40(35,36)30-27(3,4)5)22-13-28-24(39-22)17-6-9-19(10-7-17)31(26(33)34)20-14-37-15-20/h8,11-13,16-17,19-20,30H,6-7,9-10,14-15H2,1-5H3,(H,29,32)(H,33,34)/t17-,19-.